The first-order valence-electron chi connectivity index (χ1n) is 13.9. The van der Waals surface area contributed by atoms with Gasteiger partial charge in [-0.05, 0) is 91.4 Å². The van der Waals surface area contributed by atoms with E-state index in [0.717, 1.165) is 41.1 Å². The minimum absolute atomic E-state index is 0.0817. The molecule has 0 unspecified atom stereocenters. The van der Waals surface area contributed by atoms with Gasteiger partial charge >= 0.3 is 0 Å². The number of nitrogens with one attached hydrogen (secondary N) is 2. The van der Waals surface area contributed by atoms with E-state index in [-0.39, 0.29) is 24.7 Å². The molecule has 1 saturated heterocycles. The number of para-hydroxylation sites is 1. The number of hydrogen-bond donors (Lipinski definition) is 2. The number of aromatic nitrogens is 1. The van der Waals surface area contributed by atoms with Crippen molar-refractivity contribution in [2.45, 2.75) is 40.0 Å². The zero-order valence-electron chi connectivity index (χ0n) is 23.3. The molecule has 1 fully saturated rings. The van der Waals surface area contributed by atoms with E-state index in [0.29, 0.717) is 29.0 Å². The van der Waals surface area contributed by atoms with Crippen LogP contribution in [0.1, 0.15) is 38.7 Å². The molecule has 0 saturated carbocycles. The average Bonchev–Trinajstić information content (AvgIpc) is 2.93. The van der Waals surface area contributed by atoms with Crippen LogP contribution in [0.15, 0.2) is 78.9 Å². The molecule has 2 heterocycles. The molecule has 7 nitrogen and oxygen atoms in total. The molecule has 0 bridgehead atoms. The Morgan fingerprint density at radius 1 is 0.825 bits per heavy atom. The lowest BCUT2D eigenvalue weighted by Crippen LogP contribution is -2.39. The van der Waals surface area contributed by atoms with Crippen LogP contribution in [0, 0.1) is 18.8 Å². The highest BCUT2D eigenvalue weighted by Gasteiger charge is 2.23. The van der Waals surface area contributed by atoms with Crippen LogP contribution in [0.3, 0.4) is 0 Å². The van der Waals surface area contributed by atoms with Crippen molar-refractivity contribution in [2.24, 2.45) is 11.8 Å². The van der Waals surface area contributed by atoms with E-state index in [1.807, 2.05) is 48.5 Å². The van der Waals surface area contributed by atoms with Crippen LogP contribution in [0.25, 0.3) is 10.9 Å². The molecular formula is C33H36N4O3. The van der Waals surface area contributed by atoms with E-state index in [4.69, 9.17) is 9.72 Å². The van der Waals surface area contributed by atoms with Gasteiger partial charge in [0.1, 0.15) is 17.3 Å². The van der Waals surface area contributed by atoms with Crippen LogP contribution in [-0.2, 0) is 9.59 Å². The minimum atomic E-state index is -0.223. The molecule has 0 aliphatic carbocycles. The maximum absolute atomic E-state index is 12.6. The van der Waals surface area contributed by atoms with Crippen molar-refractivity contribution in [3.8, 4) is 11.5 Å². The number of ether oxygens (including phenoxy) is 1. The second-order valence-corrected chi connectivity index (χ2v) is 10.9. The van der Waals surface area contributed by atoms with Crippen molar-refractivity contribution in [3.05, 3.63) is 84.4 Å². The molecule has 1 aliphatic heterocycles. The topological polar surface area (TPSA) is 83.6 Å². The van der Waals surface area contributed by atoms with Crippen LogP contribution in [0.2, 0.25) is 0 Å². The lowest BCUT2D eigenvalue weighted by Gasteiger charge is -2.36. The third-order valence-electron chi connectivity index (χ3n) is 7.17. The molecule has 40 heavy (non-hydrogen) atoms. The number of amides is 2. The summed E-state index contributed by atoms with van der Waals surface area (Å²) in [5.74, 6) is 3.32. The van der Waals surface area contributed by atoms with Gasteiger partial charge in [-0.1, -0.05) is 32.0 Å². The van der Waals surface area contributed by atoms with E-state index in [1.54, 1.807) is 24.3 Å². The molecule has 0 spiro atoms. The number of hydrogen-bond acceptors (Lipinski definition) is 5. The second-order valence-electron chi connectivity index (χ2n) is 10.9. The van der Waals surface area contributed by atoms with Crippen molar-refractivity contribution < 1.29 is 14.3 Å². The SMILES string of the molecule is Cc1cc(N2C[C@@H](C)C[C@H](C)C2)nc2ccc(NC(=O)CCC(=O)Nc3ccc(Oc4ccccc4)cc3)cc12. The molecule has 2 N–H and O–H groups in total. The van der Waals surface area contributed by atoms with E-state index in [1.165, 1.54) is 6.42 Å². The van der Waals surface area contributed by atoms with E-state index in [9.17, 15) is 9.59 Å². The summed E-state index contributed by atoms with van der Waals surface area (Å²) in [5.41, 5.74) is 3.39. The highest BCUT2D eigenvalue weighted by molar-refractivity contribution is 5.98. The van der Waals surface area contributed by atoms with E-state index < -0.39 is 0 Å². The van der Waals surface area contributed by atoms with Crippen molar-refractivity contribution >= 4 is 39.9 Å². The number of rotatable bonds is 8. The summed E-state index contributed by atoms with van der Waals surface area (Å²) in [6, 6.07) is 24.6. The fourth-order valence-corrected chi connectivity index (χ4v) is 5.37. The number of fused-ring (bicyclic) bond motifs is 1. The molecule has 5 rings (SSSR count). The smallest absolute Gasteiger partial charge is 0.224 e. The number of nitrogens with zero attached hydrogens (tertiary/aromatic N) is 2. The van der Waals surface area contributed by atoms with Crippen LogP contribution < -0.4 is 20.3 Å². The summed E-state index contributed by atoms with van der Waals surface area (Å²) in [5, 5.41) is 6.77. The van der Waals surface area contributed by atoms with Crippen molar-refractivity contribution in [1.29, 1.82) is 0 Å². The Morgan fingerprint density at radius 3 is 2.10 bits per heavy atom. The third-order valence-corrected chi connectivity index (χ3v) is 7.17. The van der Waals surface area contributed by atoms with Gasteiger partial charge in [0.2, 0.25) is 11.8 Å². The number of carbonyl (C=O) groups is 2. The Hall–Kier alpha value is -4.39. The van der Waals surface area contributed by atoms with E-state index >= 15 is 0 Å². The molecular weight excluding hydrogens is 500 g/mol. The number of benzene rings is 3. The molecule has 4 aromatic rings. The first-order valence-corrected chi connectivity index (χ1v) is 13.9. The zero-order chi connectivity index (χ0) is 28.1. The monoisotopic (exact) mass is 536 g/mol. The second kappa shape index (κ2) is 12.2. The van der Waals surface area contributed by atoms with Crippen LogP contribution >= 0.6 is 0 Å². The van der Waals surface area contributed by atoms with Gasteiger partial charge in [-0.3, -0.25) is 9.59 Å². The standard InChI is InChI=1S/C33H36N4O3/c1-22-17-23(2)21-37(20-22)31-18-24(3)29-19-26(11-14-30(29)36-31)35-33(39)16-15-32(38)34-25-9-12-28(13-10-25)40-27-7-5-4-6-8-27/h4-14,18-19,22-23H,15-17,20-21H2,1-3H3,(H,34,38)(H,35,39)/t22-,23-/m0/s1. The van der Waals surface area contributed by atoms with Gasteiger partial charge in [0.05, 0.1) is 5.52 Å². The van der Waals surface area contributed by atoms with Crippen LogP contribution in [0.4, 0.5) is 17.2 Å². The summed E-state index contributed by atoms with van der Waals surface area (Å²) in [7, 11) is 0. The average molecular weight is 537 g/mol. The molecule has 2 amide bonds. The van der Waals surface area contributed by atoms with Crippen molar-refractivity contribution in [3.63, 3.8) is 0 Å². The van der Waals surface area contributed by atoms with Gasteiger partial charge in [0.15, 0.2) is 0 Å². The van der Waals surface area contributed by atoms with Crippen molar-refractivity contribution in [1.82, 2.24) is 4.98 Å². The lowest BCUT2D eigenvalue weighted by atomic mass is 9.92. The Kier molecular flexibility index (Phi) is 8.29. The largest absolute Gasteiger partial charge is 0.457 e. The number of pyridine rings is 1. The molecule has 0 radical (unpaired) electrons. The van der Waals surface area contributed by atoms with E-state index in [2.05, 4.69) is 42.4 Å². The van der Waals surface area contributed by atoms with Gasteiger partial charge in [-0.15, -0.1) is 0 Å². The predicted molar refractivity (Wildman–Crippen MR) is 161 cm³/mol. The number of carbonyl (C=O) groups excluding carboxylic acids is 2. The Bertz CT molecular complexity index is 1480. The van der Waals surface area contributed by atoms with Gasteiger partial charge in [0, 0.05) is 42.7 Å². The fraction of sp³-hybridized carbons (Fsp3) is 0.303. The number of anilines is 3. The molecule has 7 heteroatoms. The minimum Gasteiger partial charge on any atom is -0.457 e. The first kappa shape index (κ1) is 27.2. The van der Waals surface area contributed by atoms with Gasteiger partial charge < -0.3 is 20.3 Å². The lowest BCUT2D eigenvalue weighted by molar-refractivity contribution is -0.121. The highest BCUT2D eigenvalue weighted by atomic mass is 16.5. The maximum Gasteiger partial charge on any atom is 0.224 e. The molecule has 3 aromatic carbocycles. The van der Waals surface area contributed by atoms with Crippen molar-refractivity contribution in [2.75, 3.05) is 28.6 Å². The number of aryl methyl sites for hydroxylation is 1. The molecule has 1 aliphatic rings. The fourth-order valence-electron chi connectivity index (χ4n) is 5.37. The first-order chi connectivity index (χ1) is 19.3. The summed E-state index contributed by atoms with van der Waals surface area (Å²) < 4.78 is 5.78. The maximum atomic E-state index is 12.6. The summed E-state index contributed by atoms with van der Waals surface area (Å²) >= 11 is 0. The normalized spacial score (nSPS) is 16.9. The molecule has 206 valence electrons. The Morgan fingerprint density at radius 2 is 1.43 bits per heavy atom. The van der Waals surface area contributed by atoms with Crippen LogP contribution in [-0.4, -0.2) is 29.9 Å². The Balaban J connectivity index is 1.13. The number of piperidine rings is 1. The summed E-state index contributed by atoms with van der Waals surface area (Å²) in [4.78, 5) is 32.3. The summed E-state index contributed by atoms with van der Waals surface area (Å²) in [6.45, 7) is 8.74. The summed E-state index contributed by atoms with van der Waals surface area (Å²) in [6.07, 6.45) is 1.42. The van der Waals surface area contributed by atoms with Crippen LogP contribution in [0.5, 0.6) is 11.5 Å². The van der Waals surface area contributed by atoms with Gasteiger partial charge in [0.25, 0.3) is 0 Å². The quantitative estimate of drug-likeness (QED) is 0.249. The molecule has 1 aromatic heterocycles. The highest BCUT2D eigenvalue weighted by Crippen LogP contribution is 2.29. The van der Waals surface area contributed by atoms with Gasteiger partial charge in [-0.2, -0.15) is 0 Å². The van der Waals surface area contributed by atoms with Gasteiger partial charge in [-0.25, -0.2) is 4.98 Å². The predicted octanol–water partition coefficient (Wildman–Crippen LogP) is 7.18. The zero-order valence-corrected chi connectivity index (χ0v) is 23.3. The molecule has 2 atom stereocenters. The third kappa shape index (κ3) is 6.97. The Labute approximate surface area is 235 Å².